The van der Waals surface area contributed by atoms with E-state index in [1.807, 2.05) is 18.2 Å². The van der Waals surface area contributed by atoms with Crippen LogP contribution in [-0.2, 0) is 10.2 Å². The van der Waals surface area contributed by atoms with Gasteiger partial charge >= 0.3 is 0 Å². The van der Waals surface area contributed by atoms with Crippen molar-refractivity contribution < 1.29 is 4.74 Å². The summed E-state index contributed by atoms with van der Waals surface area (Å²) in [5.41, 5.74) is 1.04. The second-order valence-electron chi connectivity index (χ2n) is 7.20. The van der Waals surface area contributed by atoms with Gasteiger partial charge in [0, 0.05) is 48.7 Å². The molecule has 0 spiro atoms. The molecule has 0 bridgehead atoms. The van der Waals surface area contributed by atoms with Crippen LogP contribution in [0.5, 0.6) is 0 Å². The van der Waals surface area contributed by atoms with E-state index in [4.69, 9.17) is 40.2 Å². The summed E-state index contributed by atoms with van der Waals surface area (Å²) in [5.74, 6) is 0.303. The van der Waals surface area contributed by atoms with Crippen LogP contribution in [0, 0.1) is 0 Å². The zero-order valence-corrected chi connectivity index (χ0v) is 20.1. The molecule has 1 aromatic carbocycles. The van der Waals surface area contributed by atoms with Crippen molar-refractivity contribution in [1.29, 1.82) is 0 Å². The molecule has 0 atom stereocenters. The number of hydrogen-bond donors (Lipinski definition) is 2. The fraction of sp³-hybridized carbons (Fsp3) is 0.286. The van der Waals surface area contributed by atoms with E-state index < -0.39 is 0 Å². The van der Waals surface area contributed by atoms with Gasteiger partial charge in [-0.05, 0) is 60.6 Å². The van der Waals surface area contributed by atoms with Crippen molar-refractivity contribution in [1.82, 2.24) is 25.3 Å². The fourth-order valence-electron chi connectivity index (χ4n) is 3.48. The summed E-state index contributed by atoms with van der Waals surface area (Å²) in [7, 11) is 0. The van der Waals surface area contributed by atoms with Gasteiger partial charge in [-0.1, -0.05) is 35.3 Å². The Hall–Kier alpha value is -2.04. The van der Waals surface area contributed by atoms with Crippen LogP contribution in [0.25, 0.3) is 0 Å². The molecule has 3 heterocycles. The van der Waals surface area contributed by atoms with Crippen LogP contribution in [0.4, 0.5) is 5.95 Å². The molecule has 1 aliphatic rings. The Morgan fingerprint density at radius 2 is 1.88 bits per heavy atom. The zero-order chi connectivity index (χ0) is 22.4. The first kappa shape index (κ1) is 23.1. The minimum absolute atomic E-state index is 0.129. The number of halogens is 2. The highest BCUT2D eigenvalue weighted by molar-refractivity contribution is 7.99. The Balaban J connectivity index is 1.43. The van der Waals surface area contributed by atoms with Crippen molar-refractivity contribution in [3.63, 3.8) is 0 Å². The molecule has 0 saturated carbocycles. The summed E-state index contributed by atoms with van der Waals surface area (Å²) in [6, 6.07) is 11.4. The maximum Gasteiger partial charge on any atom is 0.231 e. The lowest BCUT2D eigenvalue weighted by atomic mass is 9.74. The topological polar surface area (TPSA) is 84.9 Å². The van der Waals surface area contributed by atoms with Crippen molar-refractivity contribution in [2.75, 3.05) is 25.1 Å². The summed E-state index contributed by atoms with van der Waals surface area (Å²) < 4.78 is 5.60. The van der Waals surface area contributed by atoms with E-state index in [9.17, 15) is 0 Å². The lowest BCUT2D eigenvalue weighted by Crippen LogP contribution is -2.45. The number of nitrogens with one attached hydrogen (secondary N) is 2. The Morgan fingerprint density at radius 3 is 2.62 bits per heavy atom. The van der Waals surface area contributed by atoms with Crippen molar-refractivity contribution in [3.05, 3.63) is 64.5 Å². The molecular weight excluding hydrogens is 487 g/mol. The highest BCUT2D eigenvalue weighted by Crippen LogP contribution is 2.35. The van der Waals surface area contributed by atoms with E-state index >= 15 is 0 Å². The average molecular weight is 507 g/mol. The maximum absolute atomic E-state index is 6.25. The quantitative estimate of drug-likeness (QED) is 0.279. The van der Waals surface area contributed by atoms with Crippen LogP contribution in [0.2, 0.25) is 10.2 Å². The summed E-state index contributed by atoms with van der Waals surface area (Å²) >= 11 is 19.2. The molecule has 0 unspecified atom stereocenters. The molecule has 2 aromatic heterocycles. The van der Waals surface area contributed by atoms with Crippen LogP contribution in [-0.4, -0.2) is 44.8 Å². The van der Waals surface area contributed by atoms with E-state index in [-0.39, 0.29) is 5.41 Å². The number of hydrogen-bond acceptors (Lipinski definition) is 7. The largest absolute Gasteiger partial charge is 0.381 e. The van der Waals surface area contributed by atoms with E-state index in [2.05, 4.69) is 36.6 Å². The van der Waals surface area contributed by atoms with E-state index in [0.29, 0.717) is 51.2 Å². The lowest BCUT2D eigenvalue weighted by Gasteiger charge is -2.38. The van der Waals surface area contributed by atoms with Crippen molar-refractivity contribution >= 4 is 58.2 Å². The third-order valence-corrected chi connectivity index (χ3v) is 6.60. The van der Waals surface area contributed by atoms with Gasteiger partial charge in [-0.25, -0.2) is 19.9 Å². The number of ether oxygens (including phenoxy) is 1. The molecule has 1 fully saturated rings. The second-order valence-corrected chi connectivity index (χ2v) is 9.42. The van der Waals surface area contributed by atoms with Crippen molar-refractivity contribution in [2.24, 2.45) is 0 Å². The third kappa shape index (κ3) is 6.05. The van der Waals surface area contributed by atoms with Gasteiger partial charge in [0.15, 0.2) is 10.3 Å². The zero-order valence-electron chi connectivity index (χ0n) is 16.9. The van der Waals surface area contributed by atoms with E-state index in [1.165, 1.54) is 17.3 Å². The molecule has 2 N–H and O–H groups in total. The monoisotopic (exact) mass is 506 g/mol. The molecule has 7 nitrogen and oxygen atoms in total. The number of nitrogens with zero attached hydrogens (tertiary/aromatic N) is 4. The Bertz CT molecular complexity index is 1080. The van der Waals surface area contributed by atoms with Crippen LogP contribution in [0.3, 0.4) is 0 Å². The van der Waals surface area contributed by atoms with Crippen molar-refractivity contribution in [3.8, 4) is 0 Å². The molecule has 0 amide bonds. The minimum atomic E-state index is -0.129. The standard InChI is InChI=1S/C21H20Cl2N6OS2/c22-15-4-1-3-14(11-15)21(5-9-30-10-6-21)13-26-19(31)29-18-27-16(23)12-17(28-18)32-20-24-7-2-8-25-20/h1-4,7-8,11-12H,5-6,9-10,13H2,(H2,26,27,28,29,31). The Labute approximate surface area is 205 Å². The summed E-state index contributed by atoms with van der Waals surface area (Å²) in [4.78, 5) is 17.1. The van der Waals surface area contributed by atoms with Gasteiger partial charge in [0.05, 0.1) is 0 Å². The summed E-state index contributed by atoms with van der Waals surface area (Å²) in [6.07, 6.45) is 5.08. The van der Waals surface area contributed by atoms with Gasteiger partial charge in [-0.3, -0.25) is 0 Å². The normalized spacial score (nSPS) is 15.2. The van der Waals surface area contributed by atoms with Gasteiger partial charge in [0.1, 0.15) is 10.2 Å². The SMILES string of the molecule is S=C(NCC1(c2cccc(Cl)c2)CCOCC1)Nc1nc(Cl)cc(Sc2ncccn2)n1. The van der Waals surface area contributed by atoms with Crippen LogP contribution >= 0.6 is 47.2 Å². The molecule has 0 aliphatic carbocycles. The number of anilines is 1. The Morgan fingerprint density at radius 1 is 1.09 bits per heavy atom. The van der Waals surface area contributed by atoms with Crippen LogP contribution in [0.1, 0.15) is 18.4 Å². The molecule has 32 heavy (non-hydrogen) atoms. The van der Waals surface area contributed by atoms with Gasteiger partial charge < -0.3 is 15.4 Å². The summed E-state index contributed by atoms with van der Waals surface area (Å²) in [5, 5.41) is 8.95. The molecule has 3 aromatic rings. The number of benzene rings is 1. The predicted octanol–water partition coefficient (Wildman–Crippen LogP) is 4.76. The number of aromatic nitrogens is 4. The molecule has 0 radical (unpaired) electrons. The number of thiocarbonyl (C=S) groups is 1. The van der Waals surface area contributed by atoms with Gasteiger partial charge in [0.25, 0.3) is 0 Å². The second kappa shape index (κ2) is 10.7. The molecular formula is C21H20Cl2N6OS2. The first-order valence-corrected chi connectivity index (χ1v) is 11.9. The molecule has 1 aliphatic heterocycles. The van der Waals surface area contributed by atoms with E-state index in [1.54, 1.807) is 24.5 Å². The van der Waals surface area contributed by atoms with Gasteiger partial charge in [0.2, 0.25) is 5.95 Å². The van der Waals surface area contributed by atoms with Crippen LogP contribution in [0.15, 0.2) is 59.0 Å². The fourth-order valence-corrected chi connectivity index (χ4v) is 4.80. The lowest BCUT2D eigenvalue weighted by molar-refractivity contribution is 0.0515. The molecule has 4 rings (SSSR count). The van der Waals surface area contributed by atoms with Gasteiger partial charge in [-0.15, -0.1) is 0 Å². The first-order valence-electron chi connectivity index (χ1n) is 9.91. The highest BCUT2D eigenvalue weighted by atomic mass is 35.5. The molecule has 11 heteroatoms. The predicted molar refractivity (Wildman–Crippen MR) is 131 cm³/mol. The summed E-state index contributed by atoms with van der Waals surface area (Å²) in [6.45, 7) is 2.00. The third-order valence-electron chi connectivity index (χ3n) is 5.11. The molecule has 166 valence electrons. The minimum Gasteiger partial charge on any atom is -0.381 e. The molecule has 1 saturated heterocycles. The highest BCUT2D eigenvalue weighted by Gasteiger charge is 2.34. The van der Waals surface area contributed by atoms with Crippen molar-refractivity contribution in [2.45, 2.75) is 28.4 Å². The number of rotatable bonds is 6. The average Bonchev–Trinajstić information content (AvgIpc) is 2.79. The maximum atomic E-state index is 6.25. The Kier molecular flexibility index (Phi) is 7.75. The van der Waals surface area contributed by atoms with Gasteiger partial charge in [-0.2, -0.15) is 0 Å². The van der Waals surface area contributed by atoms with Crippen LogP contribution < -0.4 is 10.6 Å². The first-order chi connectivity index (χ1) is 15.5. The van der Waals surface area contributed by atoms with E-state index in [0.717, 1.165) is 12.8 Å². The smallest absolute Gasteiger partial charge is 0.231 e.